The lowest BCUT2D eigenvalue weighted by atomic mass is 9.94. The third kappa shape index (κ3) is 6.12. The molecule has 0 unspecified atom stereocenters. The van der Waals surface area contributed by atoms with Gasteiger partial charge in [-0.15, -0.1) is 0 Å². The average molecular weight is 829 g/mol. The van der Waals surface area contributed by atoms with Crippen LogP contribution in [0.15, 0.2) is 247 Å². The quantitative estimate of drug-likeness (QED) is 0.160. The third-order valence-electron chi connectivity index (χ3n) is 13.2. The van der Waals surface area contributed by atoms with Gasteiger partial charge in [0.1, 0.15) is 11.2 Å². The number of aromatic nitrogens is 1. The van der Waals surface area contributed by atoms with Crippen LogP contribution in [0, 0.1) is 0 Å². The minimum Gasteiger partial charge on any atom is -0.455 e. The van der Waals surface area contributed by atoms with Crippen molar-refractivity contribution in [1.29, 1.82) is 0 Å². The molecule has 0 aliphatic rings. The summed E-state index contributed by atoms with van der Waals surface area (Å²) in [5, 5.41) is 9.34. The first-order chi connectivity index (χ1) is 32.2. The zero-order chi connectivity index (χ0) is 42.8. The number of anilines is 3. The molecule has 304 valence electrons. The molecule has 11 aromatic carbocycles. The van der Waals surface area contributed by atoms with Crippen molar-refractivity contribution in [3.8, 4) is 39.1 Å². The first-order valence-corrected chi connectivity index (χ1v) is 22.2. The average Bonchev–Trinajstić information content (AvgIpc) is 3.93. The highest BCUT2D eigenvalue weighted by atomic mass is 16.3. The summed E-state index contributed by atoms with van der Waals surface area (Å²) in [5.41, 5.74) is 15.7. The van der Waals surface area contributed by atoms with E-state index in [2.05, 4.69) is 246 Å². The van der Waals surface area contributed by atoms with Crippen LogP contribution in [0.3, 0.4) is 0 Å². The minimum atomic E-state index is 0.887. The second kappa shape index (κ2) is 15.0. The van der Waals surface area contributed by atoms with Crippen molar-refractivity contribution in [2.45, 2.75) is 0 Å². The molecule has 0 amide bonds. The number of nitrogens with zero attached hydrogens (tertiary/aromatic N) is 2. The Bertz CT molecular complexity index is 3940. The monoisotopic (exact) mass is 828 g/mol. The molecule has 0 radical (unpaired) electrons. The smallest absolute Gasteiger partial charge is 0.143 e. The third-order valence-corrected chi connectivity index (χ3v) is 13.2. The maximum atomic E-state index is 6.60. The van der Waals surface area contributed by atoms with Gasteiger partial charge in [0.25, 0.3) is 0 Å². The molecule has 0 atom stereocenters. The Kier molecular flexibility index (Phi) is 8.53. The number of hydrogen-bond acceptors (Lipinski definition) is 2. The maximum Gasteiger partial charge on any atom is 0.143 e. The van der Waals surface area contributed by atoms with Gasteiger partial charge < -0.3 is 13.9 Å². The summed E-state index contributed by atoms with van der Waals surface area (Å²) in [7, 11) is 0. The summed E-state index contributed by atoms with van der Waals surface area (Å²) < 4.78 is 8.97. The normalized spacial score (nSPS) is 11.7. The van der Waals surface area contributed by atoms with Crippen LogP contribution in [0.1, 0.15) is 0 Å². The highest BCUT2D eigenvalue weighted by molar-refractivity contribution is 6.20. The molecule has 0 saturated heterocycles. The summed E-state index contributed by atoms with van der Waals surface area (Å²) in [6.45, 7) is 0. The maximum absolute atomic E-state index is 6.60. The van der Waals surface area contributed by atoms with E-state index < -0.39 is 0 Å². The van der Waals surface area contributed by atoms with Gasteiger partial charge >= 0.3 is 0 Å². The molecular formula is C62H40N2O. The summed E-state index contributed by atoms with van der Waals surface area (Å²) >= 11 is 0. The van der Waals surface area contributed by atoms with E-state index in [1.807, 2.05) is 6.07 Å². The van der Waals surface area contributed by atoms with Gasteiger partial charge in [-0.2, -0.15) is 0 Å². The zero-order valence-electron chi connectivity index (χ0n) is 35.4. The number of fused-ring (bicyclic) bond motifs is 9. The molecule has 13 aromatic rings. The second-order valence-corrected chi connectivity index (χ2v) is 16.9. The van der Waals surface area contributed by atoms with Crippen LogP contribution in [0.4, 0.5) is 17.1 Å². The molecule has 3 nitrogen and oxygen atoms in total. The van der Waals surface area contributed by atoms with Crippen molar-refractivity contribution in [3.63, 3.8) is 0 Å². The number of rotatable bonds is 7. The molecular weight excluding hydrogens is 789 g/mol. The summed E-state index contributed by atoms with van der Waals surface area (Å²) in [4.78, 5) is 2.42. The van der Waals surface area contributed by atoms with Gasteiger partial charge in [-0.05, 0) is 117 Å². The lowest BCUT2D eigenvalue weighted by molar-refractivity contribution is 0.672. The Morgan fingerprint density at radius 3 is 1.78 bits per heavy atom. The fourth-order valence-corrected chi connectivity index (χ4v) is 10.1. The highest BCUT2D eigenvalue weighted by Gasteiger charge is 2.21. The van der Waals surface area contributed by atoms with Crippen molar-refractivity contribution in [2.75, 3.05) is 4.90 Å². The van der Waals surface area contributed by atoms with Gasteiger partial charge in [-0.1, -0.05) is 170 Å². The van der Waals surface area contributed by atoms with Gasteiger partial charge in [0.2, 0.25) is 0 Å². The van der Waals surface area contributed by atoms with Gasteiger partial charge in [-0.3, -0.25) is 0 Å². The van der Waals surface area contributed by atoms with E-state index in [4.69, 9.17) is 4.42 Å². The molecule has 2 heterocycles. The van der Waals surface area contributed by atoms with Gasteiger partial charge in [0, 0.05) is 49.4 Å². The van der Waals surface area contributed by atoms with Crippen molar-refractivity contribution < 1.29 is 4.42 Å². The van der Waals surface area contributed by atoms with Gasteiger partial charge in [0.15, 0.2) is 0 Å². The second-order valence-electron chi connectivity index (χ2n) is 16.9. The predicted octanol–water partition coefficient (Wildman–Crippen LogP) is 17.5. The summed E-state index contributed by atoms with van der Waals surface area (Å²) in [5.74, 6) is 0. The molecule has 0 saturated carbocycles. The fourth-order valence-electron chi connectivity index (χ4n) is 10.1. The van der Waals surface area contributed by atoms with Gasteiger partial charge in [-0.25, -0.2) is 0 Å². The first-order valence-electron chi connectivity index (χ1n) is 22.2. The van der Waals surface area contributed by atoms with Crippen LogP contribution >= 0.6 is 0 Å². The Morgan fingerprint density at radius 2 is 0.938 bits per heavy atom. The molecule has 0 spiro atoms. The minimum absolute atomic E-state index is 0.887. The first kappa shape index (κ1) is 36.9. The molecule has 0 N–H and O–H groups in total. The molecule has 0 bridgehead atoms. The Morgan fingerprint density at radius 1 is 0.323 bits per heavy atom. The molecule has 65 heavy (non-hydrogen) atoms. The Labute approximate surface area is 376 Å². The molecule has 0 aliphatic heterocycles. The highest BCUT2D eigenvalue weighted by Crippen LogP contribution is 2.46. The van der Waals surface area contributed by atoms with Crippen molar-refractivity contribution in [3.05, 3.63) is 243 Å². The standard InChI is InChI=1S/C62H40N2O/c1-3-15-42(16-4-1)50-26-14-17-43-29-30-45(38-55(43)50)41-31-34-48(35-32-41)63(60-40-57-53-24-10-12-28-61(53)65-62(57)54-25-8-7-22-51(54)60)49-21-13-18-44(37-49)46-33-36-59-56(39-46)52-23-9-11-27-58(52)64(59)47-19-5-2-6-20-47/h1-40H. The number of hydrogen-bond donors (Lipinski definition) is 0. The van der Waals surface area contributed by atoms with E-state index in [-0.39, 0.29) is 0 Å². The van der Waals surface area contributed by atoms with Crippen LogP contribution in [-0.2, 0) is 0 Å². The lowest BCUT2D eigenvalue weighted by Crippen LogP contribution is -2.10. The largest absolute Gasteiger partial charge is 0.455 e. The predicted molar refractivity (Wildman–Crippen MR) is 274 cm³/mol. The van der Waals surface area contributed by atoms with Crippen LogP contribution in [-0.4, -0.2) is 4.57 Å². The van der Waals surface area contributed by atoms with E-state index in [0.717, 1.165) is 72.2 Å². The number of benzene rings is 11. The summed E-state index contributed by atoms with van der Waals surface area (Å²) in [6, 6.07) is 87.8. The molecule has 13 rings (SSSR count). The van der Waals surface area contributed by atoms with Crippen LogP contribution in [0.25, 0.3) is 104 Å². The molecule has 3 heteroatoms. The SMILES string of the molecule is c1ccc(-c2cccc3ccc(-c4ccc(N(c5cccc(-c6ccc7c(c6)c6ccccc6n7-c6ccccc6)c5)c5cc6c7ccccc7oc6c6ccccc56)cc4)cc23)cc1. The zero-order valence-corrected chi connectivity index (χ0v) is 35.4. The number of para-hydroxylation sites is 3. The van der Waals surface area contributed by atoms with Crippen LogP contribution in [0.2, 0.25) is 0 Å². The molecule has 0 aliphatic carbocycles. The Balaban J connectivity index is 0.982. The van der Waals surface area contributed by atoms with E-state index in [1.54, 1.807) is 0 Å². The van der Waals surface area contributed by atoms with Crippen molar-refractivity contribution in [1.82, 2.24) is 4.57 Å². The van der Waals surface area contributed by atoms with E-state index >= 15 is 0 Å². The molecule has 2 aromatic heterocycles. The van der Waals surface area contributed by atoms with E-state index in [9.17, 15) is 0 Å². The van der Waals surface area contributed by atoms with Crippen LogP contribution < -0.4 is 4.90 Å². The number of furan rings is 1. The topological polar surface area (TPSA) is 21.3 Å². The molecule has 0 fully saturated rings. The lowest BCUT2D eigenvalue weighted by Gasteiger charge is -2.28. The fraction of sp³-hybridized carbons (Fsp3) is 0. The van der Waals surface area contributed by atoms with Gasteiger partial charge in [0.05, 0.1) is 16.7 Å². The van der Waals surface area contributed by atoms with E-state index in [0.29, 0.717) is 0 Å². The summed E-state index contributed by atoms with van der Waals surface area (Å²) in [6.07, 6.45) is 0. The Hall–Kier alpha value is -8.66. The van der Waals surface area contributed by atoms with Crippen molar-refractivity contribution in [2.24, 2.45) is 0 Å². The van der Waals surface area contributed by atoms with Crippen molar-refractivity contribution >= 4 is 82.4 Å². The van der Waals surface area contributed by atoms with E-state index in [1.165, 1.54) is 49.3 Å². The van der Waals surface area contributed by atoms with Crippen LogP contribution in [0.5, 0.6) is 0 Å².